The van der Waals surface area contributed by atoms with Gasteiger partial charge in [-0.2, -0.15) is 10.5 Å². The number of nitrogen functional groups attached to an aromatic ring is 1. The molecule has 0 bridgehead atoms. The monoisotopic (exact) mass is 428 g/mol. The third kappa shape index (κ3) is 5.19. The number of pyridine rings is 2. The molecule has 1 aromatic carbocycles. The number of rotatable bonds is 7. The summed E-state index contributed by atoms with van der Waals surface area (Å²) in [6, 6.07) is 15.4. The molecule has 3 aromatic rings. The number of aromatic nitrogens is 2. The lowest BCUT2D eigenvalue weighted by molar-refractivity contribution is -0.115. The van der Waals surface area contributed by atoms with Gasteiger partial charge in [0.15, 0.2) is 0 Å². The van der Waals surface area contributed by atoms with Crippen LogP contribution >= 0.6 is 11.8 Å². The average molecular weight is 429 g/mol. The average Bonchev–Trinajstić information content (AvgIpc) is 2.79. The van der Waals surface area contributed by atoms with Crippen LogP contribution in [0.15, 0.2) is 53.8 Å². The van der Waals surface area contributed by atoms with Crippen LogP contribution < -0.4 is 11.1 Å². The predicted octanol–water partition coefficient (Wildman–Crippen LogP) is 4.15. The van der Waals surface area contributed by atoms with Gasteiger partial charge in [0.1, 0.15) is 28.5 Å². The summed E-state index contributed by atoms with van der Waals surface area (Å²) in [6.07, 6.45) is 4.31. The van der Waals surface area contributed by atoms with Gasteiger partial charge in [0.2, 0.25) is 5.91 Å². The Kier molecular flexibility index (Phi) is 7.21. The minimum atomic E-state index is -0.158. The molecule has 0 saturated carbocycles. The second-order valence-electron chi connectivity index (χ2n) is 6.58. The molecule has 0 saturated heterocycles. The van der Waals surface area contributed by atoms with Crippen molar-refractivity contribution in [1.29, 1.82) is 10.5 Å². The smallest absolute Gasteiger partial charge is 0.225 e. The molecule has 0 fully saturated rings. The number of thioether (sulfide) groups is 1. The third-order valence-electron chi connectivity index (χ3n) is 4.60. The van der Waals surface area contributed by atoms with E-state index in [0.717, 1.165) is 17.5 Å². The lowest BCUT2D eigenvalue weighted by Gasteiger charge is -2.13. The van der Waals surface area contributed by atoms with Crippen molar-refractivity contribution < 1.29 is 4.79 Å². The first-order valence-electron chi connectivity index (χ1n) is 9.63. The summed E-state index contributed by atoms with van der Waals surface area (Å²) in [6.45, 7) is 2.06. The first-order chi connectivity index (χ1) is 15.1. The van der Waals surface area contributed by atoms with Crippen molar-refractivity contribution in [3.8, 4) is 23.3 Å². The standard InChI is InChI=1S/C23H20N6OS/c1-2-15-3-5-16(6-4-15)21-18(13-24)22(26)29-23(19(21)14-25)31-12-9-20(30)28-17-7-10-27-11-8-17/h3-8,10-11H,2,9,12H2,1H3,(H2,26,29)(H,27,28,30). The van der Waals surface area contributed by atoms with E-state index in [1.54, 1.807) is 24.5 Å². The van der Waals surface area contributed by atoms with E-state index in [-0.39, 0.29) is 29.3 Å². The molecule has 0 aliphatic carbocycles. The molecular formula is C23H20N6OS. The van der Waals surface area contributed by atoms with Crippen LogP contribution in [0.25, 0.3) is 11.1 Å². The van der Waals surface area contributed by atoms with Crippen molar-refractivity contribution in [3.05, 3.63) is 65.5 Å². The minimum Gasteiger partial charge on any atom is -0.383 e. The Labute approximate surface area is 184 Å². The van der Waals surface area contributed by atoms with E-state index in [4.69, 9.17) is 5.73 Å². The quantitative estimate of drug-likeness (QED) is 0.541. The lowest BCUT2D eigenvalue weighted by atomic mass is 9.96. The van der Waals surface area contributed by atoms with Crippen molar-refractivity contribution in [2.45, 2.75) is 24.8 Å². The van der Waals surface area contributed by atoms with Gasteiger partial charge in [0.25, 0.3) is 0 Å². The Hall–Kier alpha value is -3.88. The van der Waals surface area contributed by atoms with Gasteiger partial charge in [-0.25, -0.2) is 4.98 Å². The summed E-state index contributed by atoms with van der Waals surface area (Å²) in [5.74, 6) is 0.312. The number of carbonyl (C=O) groups excluding carboxylic acids is 1. The summed E-state index contributed by atoms with van der Waals surface area (Å²) in [5, 5.41) is 22.7. The van der Waals surface area contributed by atoms with E-state index in [1.165, 1.54) is 11.8 Å². The molecule has 0 atom stereocenters. The molecule has 0 unspecified atom stereocenters. The molecule has 3 rings (SSSR count). The highest BCUT2D eigenvalue weighted by Crippen LogP contribution is 2.35. The van der Waals surface area contributed by atoms with Crippen molar-refractivity contribution in [2.24, 2.45) is 0 Å². The van der Waals surface area contributed by atoms with Gasteiger partial charge in [-0.15, -0.1) is 11.8 Å². The highest BCUT2D eigenvalue weighted by molar-refractivity contribution is 7.99. The number of hydrogen-bond acceptors (Lipinski definition) is 7. The van der Waals surface area contributed by atoms with Crippen molar-refractivity contribution in [3.63, 3.8) is 0 Å². The summed E-state index contributed by atoms with van der Waals surface area (Å²) in [7, 11) is 0. The SMILES string of the molecule is CCc1ccc(-c2c(C#N)c(N)nc(SCCC(=O)Nc3ccncc3)c2C#N)cc1. The third-order valence-corrected chi connectivity index (χ3v) is 5.58. The van der Waals surface area contributed by atoms with Crippen LogP contribution in [0.3, 0.4) is 0 Å². The van der Waals surface area contributed by atoms with Gasteiger partial charge in [0, 0.05) is 35.8 Å². The maximum atomic E-state index is 12.2. The Morgan fingerprint density at radius 1 is 1.10 bits per heavy atom. The number of nitrogens with one attached hydrogen (secondary N) is 1. The number of nitrogens with two attached hydrogens (primary N) is 1. The molecule has 8 heteroatoms. The lowest BCUT2D eigenvalue weighted by Crippen LogP contribution is -2.12. The van der Waals surface area contributed by atoms with Crippen molar-refractivity contribution in [1.82, 2.24) is 9.97 Å². The number of carbonyl (C=O) groups is 1. The van der Waals surface area contributed by atoms with Crippen LogP contribution in [0.1, 0.15) is 30.0 Å². The van der Waals surface area contributed by atoms with Crippen LogP contribution in [0.2, 0.25) is 0 Å². The molecule has 2 aromatic heterocycles. The zero-order valence-corrected chi connectivity index (χ0v) is 17.7. The molecule has 0 aliphatic rings. The van der Waals surface area contributed by atoms with E-state index in [0.29, 0.717) is 22.0 Å². The van der Waals surface area contributed by atoms with Gasteiger partial charge in [0.05, 0.1) is 5.56 Å². The molecule has 7 nitrogen and oxygen atoms in total. The summed E-state index contributed by atoms with van der Waals surface area (Å²) in [4.78, 5) is 20.4. The second kappa shape index (κ2) is 10.2. The molecule has 2 heterocycles. The molecule has 31 heavy (non-hydrogen) atoms. The van der Waals surface area contributed by atoms with E-state index in [1.807, 2.05) is 24.3 Å². The molecule has 1 amide bonds. The Morgan fingerprint density at radius 2 is 1.77 bits per heavy atom. The van der Waals surface area contributed by atoms with Crippen molar-refractivity contribution >= 4 is 29.2 Å². The largest absolute Gasteiger partial charge is 0.383 e. The van der Waals surface area contributed by atoms with E-state index in [9.17, 15) is 15.3 Å². The first kappa shape index (κ1) is 21.8. The molecular weight excluding hydrogens is 408 g/mol. The van der Waals surface area contributed by atoms with Crippen LogP contribution in [0, 0.1) is 22.7 Å². The van der Waals surface area contributed by atoms with Gasteiger partial charge < -0.3 is 11.1 Å². The number of aryl methyl sites for hydroxylation is 1. The number of benzene rings is 1. The number of amides is 1. The molecule has 0 spiro atoms. The van der Waals surface area contributed by atoms with E-state index >= 15 is 0 Å². The zero-order chi connectivity index (χ0) is 22.2. The van der Waals surface area contributed by atoms with Crippen LogP contribution in [-0.4, -0.2) is 21.6 Å². The van der Waals surface area contributed by atoms with E-state index < -0.39 is 0 Å². The minimum absolute atomic E-state index is 0.0693. The Morgan fingerprint density at radius 3 is 2.39 bits per heavy atom. The zero-order valence-electron chi connectivity index (χ0n) is 16.9. The first-order valence-corrected chi connectivity index (χ1v) is 10.6. The highest BCUT2D eigenvalue weighted by Gasteiger charge is 2.20. The Bertz CT molecular complexity index is 1160. The van der Waals surface area contributed by atoms with Gasteiger partial charge in [-0.1, -0.05) is 31.2 Å². The number of nitriles is 2. The van der Waals surface area contributed by atoms with Gasteiger partial charge in [-0.3, -0.25) is 9.78 Å². The summed E-state index contributed by atoms with van der Waals surface area (Å²) < 4.78 is 0. The predicted molar refractivity (Wildman–Crippen MR) is 121 cm³/mol. The maximum absolute atomic E-state index is 12.2. The van der Waals surface area contributed by atoms with Crippen LogP contribution in [0.4, 0.5) is 11.5 Å². The summed E-state index contributed by atoms with van der Waals surface area (Å²) in [5.41, 5.74) is 9.54. The second-order valence-corrected chi connectivity index (χ2v) is 7.67. The number of hydrogen-bond donors (Lipinski definition) is 2. The Balaban J connectivity index is 1.84. The fourth-order valence-electron chi connectivity index (χ4n) is 3.00. The topological polar surface area (TPSA) is 128 Å². The summed E-state index contributed by atoms with van der Waals surface area (Å²) >= 11 is 1.26. The maximum Gasteiger partial charge on any atom is 0.225 e. The van der Waals surface area contributed by atoms with Crippen molar-refractivity contribution in [2.75, 3.05) is 16.8 Å². The fourth-order valence-corrected chi connectivity index (χ4v) is 3.93. The normalized spacial score (nSPS) is 10.2. The highest BCUT2D eigenvalue weighted by atomic mass is 32.2. The molecule has 0 aliphatic heterocycles. The molecule has 154 valence electrons. The number of nitrogens with zero attached hydrogens (tertiary/aromatic N) is 4. The van der Waals surface area contributed by atoms with Crippen LogP contribution in [-0.2, 0) is 11.2 Å². The van der Waals surface area contributed by atoms with Crippen LogP contribution in [0.5, 0.6) is 0 Å². The molecule has 0 radical (unpaired) electrons. The van der Waals surface area contributed by atoms with Gasteiger partial charge in [-0.05, 0) is 29.7 Å². The molecule has 3 N–H and O–H groups in total. The number of anilines is 2. The van der Waals surface area contributed by atoms with Gasteiger partial charge >= 0.3 is 0 Å². The van der Waals surface area contributed by atoms with E-state index in [2.05, 4.69) is 34.3 Å². The fraction of sp³-hybridized carbons (Fsp3) is 0.174.